The summed E-state index contributed by atoms with van der Waals surface area (Å²) in [6.07, 6.45) is 5.88. The molecule has 0 radical (unpaired) electrons. The number of sulfone groups is 1. The minimum Gasteiger partial charge on any atom is -0.489 e. The van der Waals surface area contributed by atoms with Crippen LogP contribution in [0.15, 0.2) is 49.1 Å². The molecule has 0 saturated heterocycles. The molecule has 0 unspecified atom stereocenters. The van der Waals surface area contributed by atoms with Crippen molar-refractivity contribution >= 4 is 21.4 Å². The molecule has 1 atom stereocenters. The van der Waals surface area contributed by atoms with E-state index in [0.29, 0.717) is 28.0 Å². The molecule has 0 saturated carbocycles. The van der Waals surface area contributed by atoms with Crippen molar-refractivity contribution in [2.75, 3.05) is 12.4 Å². The van der Waals surface area contributed by atoms with Gasteiger partial charge in [-0.25, -0.2) is 27.2 Å². The third-order valence-corrected chi connectivity index (χ3v) is 7.20. The maximum atomic E-state index is 14.8. The monoisotopic (exact) mass is 518 g/mol. The number of halogens is 3. The molecule has 1 aliphatic rings. The van der Waals surface area contributed by atoms with E-state index in [1.165, 1.54) is 35.4 Å². The fourth-order valence-electron chi connectivity index (χ4n) is 3.84. The molecule has 0 bridgehead atoms. The Kier molecular flexibility index (Phi) is 6.15. The smallest absolute Gasteiger partial charge is 0.168 e. The van der Waals surface area contributed by atoms with Crippen LogP contribution >= 0.6 is 11.6 Å². The van der Waals surface area contributed by atoms with E-state index >= 15 is 0 Å². The molecular formula is C22H17ClF2N6O3S. The summed E-state index contributed by atoms with van der Waals surface area (Å²) >= 11 is 5.77. The van der Waals surface area contributed by atoms with Crippen LogP contribution in [0.4, 0.5) is 8.78 Å². The standard InChI is InChI=1S/C22H17ClF2N6O3S/c23-13-8-27-20(28-9-13)4-6-35(32,33)12-21-29-30-22-16-3-5-26-10-19(16)34-11-18(31(21)22)15-2-1-14(24)7-17(15)25/h1-3,5,7-10,18H,4,6,11-12H2/t18-/m0/s1. The van der Waals surface area contributed by atoms with E-state index in [1.807, 2.05) is 0 Å². The van der Waals surface area contributed by atoms with Gasteiger partial charge < -0.3 is 4.74 Å². The highest BCUT2D eigenvalue weighted by Crippen LogP contribution is 2.37. The highest BCUT2D eigenvalue weighted by molar-refractivity contribution is 7.90. The van der Waals surface area contributed by atoms with Crippen molar-refractivity contribution < 1.29 is 21.9 Å². The van der Waals surface area contributed by atoms with Gasteiger partial charge in [0.2, 0.25) is 0 Å². The van der Waals surface area contributed by atoms with Gasteiger partial charge in [-0.2, -0.15) is 0 Å². The Morgan fingerprint density at radius 3 is 2.69 bits per heavy atom. The van der Waals surface area contributed by atoms with Gasteiger partial charge in [0.25, 0.3) is 0 Å². The molecular weight excluding hydrogens is 502 g/mol. The lowest BCUT2D eigenvalue weighted by molar-refractivity contribution is 0.274. The lowest BCUT2D eigenvalue weighted by Gasteiger charge is -2.20. The molecule has 0 N–H and O–H groups in total. The van der Waals surface area contributed by atoms with Gasteiger partial charge in [-0.05, 0) is 12.1 Å². The first kappa shape index (κ1) is 23.2. The highest BCUT2D eigenvalue weighted by Gasteiger charge is 2.32. The van der Waals surface area contributed by atoms with Gasteiger partial charge in [-0.15, -0.1) is 10.2 Å². The Hall–Kier alpha value is -3.51. The van der Waals surface area contributed by atoms with E-state index in [4.69, 9.17) is 16.3 Å². The quantitative estimate of drug-likeness (QED) is 0.382. The zero-order valence-corrected chi connectivity index (χ0v) is 19.5. The highest BCUT2D eigenvalue weighted by atomic mass is 35.5. The van der Waals surface area contributed by atoms with Crippen molar-refractivity contribution in [3.05, 3.63) is 82.9 Å². The maximum Gasteiger partial charge on any atom is 0.168 e. The van der Waals surface area contributed by atoms with Gasteiger partial charge in [0.15, 0.2) is 15.7 Å². The third-order valence-electron chi connectivity index (χ3n) is 5.48. The van der Waals surface area contributed by atoms with Crippen LogP contribution in [-0.2, 0) is 22.0 Å². The van der Waals surface area contributed by atoms with Crippen LogP contribution in [0.1, 0.15) is 23.3 Å². The predicted molar refractivity (Wildman–Crippen MR) is 121 cm³/mol. The van der Waals surface area contributed by atoms with E-state index in [1.54, 1.807) is 6.07 Å². The number of hydrogen-bond donors (Lipinski definition) is 0. The summed E-state index contributed by atoms with van der Waals surface area (Å²) in [6.45, 7) is -0.0715. The van der Waals surface area contributed by atoms with E-state index in [0.717, 1.165) is 12.1 Å². The molecule has 0 fully saturated rings. The molecule has 5 rings (SSSR count). The summed E-state index contributed by atoms with van der Waals surface area (Å²) in [4.78, 5) is 12.1. The lowest BCUT2D eigenvalue weighted by Crippen LogP contribution is -2.23. The van der Waals surface area contributed by atoms with Gasteiger partial charge in [-0.3, -0.25) is 9.55 Å². The minimum atomic E-state index is -3.70. The molecule has 9 nitrogen and oxygen atoms in total. The Bertz CT molecular complexity index is 1500. The maximum absolute atomic E-state index is 14.8. The first-order valence-corrected chi connectivity index (χ1v) is 12.6. The van der Waals surface area contributed by atoms with Crippen molar-refractivity contribution in [1.82, 2.24) is 29.7 Å². The zero-order valence-electron chi connectivity index (χ0n) is 18.0. The van der Waals surface area contributed by atoms with Gasteiger partial charge >= 0.3 is 0 Å². The first-order valence-electron chi connectivity index (χ1n) is 10.4. The third kappa shape index (κ3) is 4.84. The second-order valence-corrected chi connectivity index (χ2v) is 10.5. The molecule has 4 heterocycles. The average molecular weight is 519 g/mol. The summed E-state index contributed by atoms with van der Waals surface area (Å²) in [7, 11) is -3.70. The van der Waals surface area contributed by atoms with Crippen LogP contribution in [0.2, 0.25) is 5.02 Å². The van der Waals surface area contributed by atoms with Crippen LogP contribution < -0.4 is 4.74 Å². The SMILES string of the molecule is O=S(=O)(CCc1ncc(Cl)cn1)Cc1nnc2n1[C@H](c1ccc(F)cc1F)COc1cnccc1-2. The van der Waals surface area contributed by atoms with Gasteiger partial charge in [-0.1, -0.05) is 17.7 Å². The average Bonchev–Trinajstić information content (AvgIpc) is 3.14. The van der Waals surface area contributed by atoms with Crippen LogP contribution in [-0.4, -0.2) is 50.5 Å². The second kappa shape index (κ2) is 9.27. The number of benzene rings is 1. The molecule has 1 aromatic carbocycles. The van der Waals surface area contributed by atoms with Gasteiger partial charge in [0.1, 0.15) is 41.4 Å². The number of rotatable bonds is 6. The summed E-state index contributed by atoms with van der Waals surface area (Å²) in [5.74, 6) is -1.13. The Labute approximate surface area is 203 Å². The van der Waals surface area contributed by atoms with E-state index < -0.39 is 33.3 Å². The summed E-state index contributed by atoms with van der Waals surface area (Å²) < 4.78 is 61.7. The van der Waals surface area contributed by atoms with Gasteiger partial charge in [0, 0.05) is 36.6 Å². The fourth-order valence-corrected chi connectivity index (χ4v) is 5.17. The van der Waals surface area contributed by atoms with Crippen LogP contribution in [0, 0.1) is 11.6 Å². The second-order valence-electron chi connectivity index (χ2n) is 7.83. The zero-order chi connectivity index (χ0) is 24.6. The Morgan fingerprint density at radius 2 is 1.91 bits per heavy atom. The lowest BCUT2D eigenvalue weighted by atomic mass is 10.1. The molecule has 180 valence electrons. The molecule has 1 aliphatic heterocycles. The Balaban J connectivity index is 1.52. The number of nitrogens with zero attached hydrogens (tertiary/aromatic N) is 6. The van der Waals surface area contributed by atoms with E-state index in [9.17, 15) is 17.2 Å². The topological polar surface area (TPSA) is 113 Å². The molecule has 13 heteroatoms. The van der Waals surface area contributed by atoms with Crippen molar-refractivity contribution in [2.45, 2.75) is 18.2 Å². The summed E-state index contributed by atoms with van der Waals surface area (Å²) in [5, 5.41) is 8.67. The van der Waals surface area contributed by atoms with Crippen LogP contribution in [0.3, 0.4) is 0 Å². The molecule has 0 aliphatic carbocycles. The number of ether oxygens (including phenoxy) is 1. The number of aromatic nitrogens is 6. The van der Waals surface area contributed by atoms with E-state index in [2.05, 4.69) is 25.1 Å². The molecule has 0 spiro atoms. The first-order chi connectivity index (χ1) is 16.8. The molecule has 4 aromatic rings. The number of fused-ring (bicyclic) bond motifs is 3. The summed E-state index contributed by atoms with van der Waals surface area (Å²) in [5.41, 5.74) is 0.636. The summed E-state index contributed by atoms with van der Waals surface area (Å²) in [6, 6.07) is 3.99. The van der Waals surface area contributed by atoms with Crippen molar-refractivity contribution in [3.8, 4) is 17.1 Å². The molecule has 0 amide bonds. The predicted octanol–water partition coefficient (Wildman–Crippen LogP) is 3.20. The number of pyridine rings is 1. The van der Waals surface area contributed by atoms with Crippen LogP contribution in [0.5, 0.6) is 5.75 Å². The normalized spacial score (nSPS) is 15.1. The number of aryl methyl sites for hydroxylation is 1. The molecule has 35 heavy (non-hydrogen) atoms. The van der Waals surface area contributed by atoms with Gasteiger partial charge in [0.05, 0.1) is 28.6 Å². The number of hydrogen-bond acceptors (Lipinski definition) is 8. The van der Waals surface area contributed by atoms with E-state index in [-0.39, 0.29) is 30.2 Å². The minimum absolute atomic E-state index is 0.0715. The molecule has 3 aromatic heterocycles. The Morgan fingerprint density at radius 1 is 1.11 bits per heavy atom. The largest absolute Gasteiger partial charge is 0.489 e. The van der Waals surface area contributed by atoms with Crippen molar-refractivity contribution in [2.24, 2.45) is 0 Å². The van der Waals surface area contributed by atoms with Crippen LogP contribution in [0.25, 0.3) is 11.4 Å². The van der Waals surface area contributed by atoms with Crippen molar-refractivity contribution in [1.29, 1.82) is 0 Å². The fraction of sp³-hybridized carbons (Fsp3) is 0.227. The van der Waals surface area contributed by atoms with Crippen molar-refractivity contribution in [3.63, 3.8) is 0 Å².